The minimum Gasteiger partial charge on any atom is -0.509 e. The van der Waals surface area contributed by atoms with Gasteiger partial charge in [-0.05, 0) is 12.8 Å². The molecule has 0 radical (unpaired) electrons. The van der Waals surface area contributed by atoms with Crippen molar-refractivity contribution in [2.45, 2.75) is 37.6 Å². The maximum Gasteiger partial charge on any atom is 0.133 e. The van der Waals surface area contributed by atoms with E-state index in [1.54, 1.807) is 0 Å². The van der Waals surface area contributed by atoms with Gasteiger partial charge >= 0.3 is 0 Å². The Hall–Kier alpha value is -1.59. The molecule has 2 rings (SSSR count). The van der Waals surface area contributed by atoms with Gasteiger partial charge < -0.3 is 10.4 Å². The number of thiocarbonyl (C=S) groups is 1. The van der Waals surface area contributed by atoms with Crippen LogP contribution in [0.15, 0.2) is 11.3 Å². The Morgan fingerprint density at radius 3 is 2.47 bits per heavy atom. The topological polar surface area (TPSA) is 79.8 Å². The molecule has 0 saturated heterocycles. The van der Waals surface area contributed by atoms with Crippen LogP contribution in [0.4, 0.5) is 0 Å². The quantitative estimate of drug-likeness (QED) is 0.641. The van der Waals surface area contributed by atoms with E-state index >= 15 is 0 Å². The number of nitriles is 2. The van der Waals surface area contributed by atoms with E-state index in [0.29, 0.717) is 0 Å². The number of nitrogens with zero attached hydrogens (tertiary/aromatic N) is 2. The van der Waals surface area contributed by atoms with Gasteiger partial charge in [-0.25, -0.2) is 0 Å². The Labute approximate surface area is 106 Å². The summed E-state index contributed by atoms with van der Waals surface area (Å²) in [5.74, 6) is -0.815. The summed E-state index contributed by atoms with van der Waals surface area (Å²) in [6.07, 6.45) is 4.80. The van der Waals surface area contributed by atoms with Crippen LogP contribution in [0.5, 0.6) is 0 Å². The first-order chi connectivity index (χ1) is 8.14. The molecule has 17 heavy (non-hydrogen) atoms. The van der Waals surface area contributed by atoms with E-state index in [4.69, 9.17) is 17.5 Å². The summed E-state index contributed by atoms with van der Waals surface area (Å²) in [5.41, 5.74) is -0.420. The first-order valence-electron chi connectivity index (χ1n) is 5.70. The maximum absolute atomic E-state index is 10.0. The van der Waals surface area contributed by atoms with E-state index in [1.165, 1.54) is 0 Å². The van der Waals surface area contributed by atoms with Crippen LogP contribution in [0.25, 0.3) is 0 Å². The summed E-state index contributed by atoms with van der Waals surface area (Å²) in [7, 11) is 0. The van der Waals surface area contributed by atoms with Crippen LogP contribution in [0.2, 0.25) is 0 Å². The first kappa shape index (κ1) is 11.9. The highest BCUT2D eigenvalue weighted by Crippen LogP contribution is 2.40. The molecule has 0 aromatic rings. The minimum atomic E-state index is -0.663. The van der Waals surface area contributed by atoms with Crippen molar-refractivity contribution in [1.29, 1.82) is 10.5 Å². The number of aliphatic hydroxyl groups is 1. The van der Waals surface area contributed by atoms with Crippen LogP contribution in [-0.4, -0.2) is 15.6 Å². The van der Waals surface area contributed by atoms with Gasteiger partial charge in [-0.2, -0.15) is 10.5 Å². The fraction of sp³-hybridized carbons (Fsp3) is 0.583. The van der Waals surface area contributed by atoms with E-state index in [9.17, 15) is 10.4 Å². The van der Waals surface area contributed by atoms with Gasteiger partial charge in [0.05, 0.1) is 11.6 Å². The van der Waals surface area contributed by atoms with Crippen LogP contribution in [0, 0.1) is 28.6 Å². The third-order valence-electron chi connectivity index (χ3n) is 3.66. The normalized spacial score (nSPS) is 27.2. The Balaban J connectivity index is 2.46. The largest absolute Gasteiger partial charge is 0.509 e. The van der Waals surface area contributed by atoms with Crippen LogP contribution in [-0.2, 0) is 0 Å². The lowest BCUT2D eigenvalue weighted by atomic mass is 9.70. The van der Waals surface area contributed by atoms with Gasteiger partial charge in [0.2, 0.25) is 0 Å². The zero-order valence-electron chi connectivity index (χ0n) is 9.36. The molecular formula is C12H13N3OS. The smallest absolute Gasteiger partial charge is 0.133 e. The molecule has 0 bridgehead atoms. The van der Waals surface area contributed by atoms with E-state index in [0.717, 1.165) is 32.1 Å². The molecule has 2 N–H and O–H groups in total. The van der Waals surface area contributed by atoms with Gasteiger partial charge in [-0.15, -0.1) is 0 Å². The molecule has 5 heteroatoms. The van der Waals surface area contributed by atoms with E-state index in [1.807, 2.05) is 6.07 Å². The van der Waals surface area contributed by atoms with Gasteiger partial charge in [0.25, 0.3) is 0 Å². The first-order valence-corrected chi connectivity index (χ1v) is 6.11. The number of rotatable bonds is 0. The molecule has 0 aromatic heterocycles. The molecule has 4 nitrogen and oxygen atoms in total. The van der Waals surface area contributed by atoms with Crippen molar-refractivity contribution in [3.63, 3.8) is 0 Å². The number of hydrogen-bond donors (Lipinski definition) is 2. The Morgan fingerprint density at radius 1 is 1.29 bits per heavy atom. The highest BCUT2D eigenvalue weighted by molar-refractivity contribution is 7.80. The second kappa shape index (κ2) is 4.35. The molecule has 0 amide bonds. The lowest BCUT2D eigenvalue weighted by Gasteiger charge is -2.44. The zero-order chi connectivity index (χ0) is 12.5. The molecule has 88 valence electrons. The number of hydrogen-bond acceptors (Lipinski definition) is 4. The molecular weight excluding hydrogens is 234 g/mol. The SMILES string of the molecule is N#CC1=C(O)[C@@H](C#N)C2(CCCCC2)NC1=S. The zero-order valence-corrected chi connectivity index (χ0v) is 10.2. The molecule has 1 heterocycles. The second-order valence-electron chi connectivity index (χ2n) is 4.61. The molecule has 0 aromatic carbocycles. The van der Waals surface area contributed by atoms with Crippen LogP contribution in [0.1, 0.15) is 32.1 Å². The second-order valence-corrected chi connectivity index (χ2v) is 5.01. The summed E-state index contributed by atoms with van der Waals surface area (Å²) in [5, 5.41) is 31.3. The van der Waals surface area contributed by atoms with Gasteiger partial charge in [-0.3, -0.25) is 0 Å². The summed E-state index contributed by atoms with van der Waals surface area (Å²) in [6.45, 7) is 0. The Bertz CT molecular complexity index is 463. The summed E-state index contributed by atoms with van der Waals surface area (Å²) in [4.78, 5) is 0.276. The molecule has 1 fully saturated rings. The summed E-state index contributed by atoms with van der Waals surface area (Å²) >= 11 is 5.10. The van der Waals surface area contributed by atoms with Crippen molar-refractivity contribution < 1.29 is 5.11 Å². The molecule has 1 spiro atoms. The van der Waals surface area contributed by atoms with Crippen molar-refractivity contribution in [2.75, 3.05) is 0 Å². The highest BCUT2D eigenvalue weighted by Gasteiger charge is 2.47. The number of nitrogens with one attached hydrogen (secondary N) is 1. The third kappa shape index (κ3) is 1.77. The van der Waals surface area contributed by atoms with E-state index in [2.05, 4.69) is 11.4 Å². The molecule has 2 aliphatic rings. The average Bonchev–Trinajstić information content (AvgIpc) is 2.30. The van der Waals surface area contributed by atoms with E-state index in [-0.39, 0.29) is 16.3 Å². The monoisotopic (exact) mass is 247 g/mol. The van der Waals surface area contributed by atoms with Crippen molar-refractivity contribution in [3.8, 4) is 12.1 Å². The third-order valence-corrected chi connectivity index (χ3v) is 3.96. The Kier molecular flexibility index (Phi) is 3.04. The van der Waals surface area contributed by atoms with Crippen molar-refractivity contribution >= 4 is 17.2 Å². The molecule has 1 saturated carbocycles. The standard InChI is InChI=1S/C12H13N3OS/c13-6-8-10(16)9(7-14)12(15-11(8)17)4-2-1-3-5-12/h9,16H,1-5H2,(H,15,17)/t9-/m1/s1. The minimum absolute atomic E-state index is 0.0442. The van der Waals surface area contributed by atoms with Gasteiger partial charge in [0.1, 0.15) is 28.3 Å². The van der Waals surface area contributed by atoms with Crippen molar-refractivity contribution in [2.24, 2.45) is 5.92 Å². The van der Waals surface area contributed by atoms with Crippen molar-refractivity contribution in [3.05, 3.63) is 11.3 Å². The van der Waals surface area contributed by atoms with Gasteiger partial charge in [0.15, 0.2) is 0 Å². The van der Waals surface area contributed by atoms with Crippen LogP contribution >= 0.6 is 12.2 Å². The van der Waals surface area contributed by atoms with Crippen molar-refractivity contribution in [1.82, 2.24) is 5.32 Å². The molecule has 1 aliphatic heterocycles. The highest BCUT2D eigenvalue weighted by atomic mass is 32.1. The molecule has 1 atom stereocenters. The van der Waals surface area contributed by atoms with Gasteiger partial charge in [-0.1, -0.05) is 31.5 Å². The van der Waals surface area contributed by atoms with E-state index < -0.39 is 11.5 Å². The summed E-state index contributed by atoms with van der Waals surface area (Å²) in [6, 6.07) is 3.98. The molecule has 1 aliphatic carbocycles. The molecule has 0 unspecified atom stereocenters. The maximum atomic E-state index is 10.0. The average molecular weight is 247 g/mol. The lowest BCUT2D eigenvalue weighted by molar-refractivity contribution is 0.180. The Morgan fingerprint density at radius 2 is 1.94 bits per heavy atom. The van der Waals surface area contributed by atoms with Crippen LogP contribution in [0.3, 0.4) is 0 Å². The lowest BCUT2D eigenvalue weighted by Crippen LogP contribution is -2.58. The predicted octanol–water partition coefficient (Wildman–Crippen LogP) is 2.10. The summed E-state index contributed by atoms with van der Waals surface area (Å²) < 4.78 is 0. The predicted molar refractivity (Wildman–Crippen MR) is 65.9 cm³/mol. The number of aliphatic hydroxyl groups excluding tert-OH is 1. The van der Waals surface area contributed by atoms with Gasteiger partial charge in [0, 0.05) is 0 Å². The fourth-order valence-corrected chi connectivity index (χ4v) is 3.13. The van der Waals surface area contributed by atoms with Crippen LogP contribution < -0.4 is 5.32 Å². The fourth-order valence-electron chi connectivity index (χ4n) is 2.77.